The quantitative estimate of drug-likeness (QED) is 0.617. The summed E-state index contributed by atoms with van der Waals surface area (Å²) in [6.07, 6.45) is 0. The summed E-state index contributed by atoms with van der Waals surface area (Å²) in [5.74, 6) is -0.0235. The smallest absolute Gasteiger partial charge is 0.223 e. The molecule has 60 valence electrons. The van der Waals surface area contributed by atoms with Gasteiger partial charge in [-0.05, 0) is 6.54 Å². The van der Waals surface area contributed by atoms with Gasteiger partial charge in [-0.25, -0.2) is 0 Å². The largest absolute Gasteiger partial charge is 0.369 e. The van der Waals surface area contributed by atoms with E-state index in [0.717, 1.165) is 19.6 Å². The summed E-state index contributed by atoms with van der Waals surface area (Å²) in [7, 11) is 0. The van der Waals surface area contributed by atoms with Crippen molar-refractivity contribution in [1.82, 2.24) is 4.90 Å². The van der Waals surface area contributed by atoms with Crippen molar-refractivity contribution in [3.63, 3.8) is 0 Å². The van der Waals surface area contributed by atoms with Crippen LogP contribution in [-0.4, -0.2) is 30.4 Å². The molecule has 0 radical (unpaired) electrons. The molecule has 1 saturated heterocycles. The lowest BCUT2D eigenvalue weighted by Crippen LogP contribution is -2.52. The Bertz CT molecular complexity index is 123. The van der Waals surface area contributed by atoms with E-state index in [9.17, 15) is 4.79 Å². The van der Waals surface area contributed by atoms with E-state index in [1.54, 1.807) is 0 Å². The summed E-state index contributed by atoms with van der Waals surface area (Å²) in [4.78, 5) is 12.6. The Labute approximate surface area is 67.0 Å². The zero-order chi connectivity index (χ0) is 6.85. The van der Waals surface area contributed by atoms with E-state index in [0.29, 0.717) is 0 Å². The molecule has 4 heteroatoms. The van der Waals surface area contributed by atoms with E-state index in [1.807, 2.05) is 0 Å². The van der Waals surface area contributed by atoms with Gasteiger partial charge in [0.2, 0.25) is 5.91 Å². The minimum atomic E-state index is -0.153. The SMILES string of the molecule is CCN1CC(C(N)=O)C1.Cl. The maximum Gasteiger partial charge on any atom is 0.223 e. The maximum absolute atomic E-state index is 10.4. The number of carbonyl (C=O) groups is 1. The van der Waals surface area contributed by atoms with E-state index in [4.69, 9.17) is 5.73 Å². The van der Waals surface area contributed by atoms with Gasteiger partial charge in [0, 0.05) is 13.1 Å². The molecule has 0 aromatic heterocycles. The number of likely N-dealkylation sites (tertiary alicyclic amines) is 1. The van der Waals surface area contributed by atoms with Gasteiger partial charge in [-0.1, -0.05) is 6.92 Å². The summed E-state index contributed by atoms with van der Waals surface area (Å²) in [6.45, 7) is 4.85. The van der Waals surface area contributed by atoms with E-state index in [1.165, 1.54) is 0 Å². The van der Waals surface area contributed by atoms with Crippen molar-refractivity contribution >= 4 is 18.3 Å². The Morgan fingerprint density at radius 3 is 2.50 bits per heavy atom. The second-order valence-corrected chi connectivity index (χ2v) is 2.45. The Balaban J connectivity index is 0.000000810. The highest BCUT2D eigenvalue weighted by Crippen LogP contribution is 2.12. The second kappa shape index (κ2) is 3.78. The first-order valence-electron chi connectivity index (χ1n) is 3.25. The number of hydrogen-bond donors (Lipinski definition) is 1. The monoisotopic (exact) mass is 164 g/mol. The van der Waals surface area contributed by atoms with Crippen LogP contribution in [0.5, 0.6) is 0 Å². The van der Waals surface area contributed by atoms with Crippen LogP contribution in [0.3, 0.4) is 0 Å². The van der Waals surface area contributed by atoms with Gasteiger partial charge in [0.25, 0.3) is 0 Å². The van der Waals surface area contributed by atoms with Crippen LogP contribution in [0.1, 0.15) is 6.92 Å². The fourth-order valence-electron chi connectivity index (χ4n) is 1.01. The first kappa shape index (κ1) is 9.72. The zero-order valence-corrected chi connectivity index (χ0v) is 6.86. The van der Waals surface area contributed by atoms with Gasteiger partial charge in [-0.15, -0.1) is 12.4 Å². The lowest BCUT2D eigenvalue weighted by atomic mass is 10.0. The summed E-state index contributed by atoms with van der Waals surface area (Å²) >= 11 is 0. The molecule has 0 atom stereocenters. The summed E-state index contributed by atoms with van der Waals surface area (Å²) in [5.41, 5.74) is 5.05. The van der Waals surface area contributed by atoms with Crippen LogP contribution < -0.4 is 5.73 Å². The van der Waals surface area contributed by atoms with Crippen molar-refractivity contribution in [3.8, 4) is 0 Å². The van der Waals surface area contributed by atoms with Crippen molar-refractivity contribution in [2.75, 3.05) is 19.6 Å². The topological polar surface area (TPSA) is 46.3 Å². The van der Waals surface area contributed by atoms with Crippen LogP contribution in [0, 0.1) is 5.92 Å². The fourth-order valence-corrected chi connectivity index (χ4v) is 1.01. The number of halogens is 1. The molecular formula is C6H13ClN2O. The van der Waals surface area contributed by atoms with Gasteiger partial charge in [-0.2, -0.15) is 0 Å². The van der Waals surface area contributed by atoms with E-state index >= 15 is 0 Å². The van der Waals surface area contributed by atoms with E-state index < -0.39 is 0 Å². The lowest BCUT2D eigenvalue weighted by molar-refractivity contribution is -0.126. The molecule has 0 spiro atoms. The number of rotatable bonds is 2. The van der Waals surface area contributed by atoms with Gasteiger partial charge >= 0.3 is 0 Å². The van der Waals surface area contributed by atoms with Gasteiger partial charge in [0.05, 0.1) is 5.92 Å². The molecule has 1 rings (SSSR count). The molecule has 0 aromatic rings. The summed E-state index contributed by atoms with van der Waals surface area (Å²) in [5, 5.41) is 0. The highest BCUT2D eigenvalue weighted by atomic mass is 35.5. The van der Waals surface area contributed by atoms with Crippen molar-refractivity contribution in [2.24, 2.45) is 11.7 Å². The van der Waals surface area contributed by atoms with Gasteiger partial charge in [0.15, 0.2) is 0 Å². The van der Waals surface area contributed by atoms with Crippen LogP contribution in [0.4, 0.5) is 0 Å². The molecule has 1 aliphatic heterocycles. The van der Waals surface area contributed by atoms with E-state index in [-0.39, 0.29) is 24.2 Å². The minimum absolute atomic E-state index is 0. The minimum Gasteiger partial charge on any atom is -0.369 e. The molecule has 0 bridgehead atoms. The predicted molar refractivity (Wildman–Crippen MR) is 42.0 cm³/mol. The molecule has 1 amide bonds. The summed E-state index contributed by atoms with van der Waals surface area (Å²) < 4.78 is 0. The van der Waals surface area contributed by atoms with Gasteiger partial charge in [-0.3, -0.25) is 4.79 Å². The Hall–Kier alpha value is -0.280. The number of amides is 1. The molecule has 10 heavy (non-hydrogen) atoms. The van der Waals surface area contributed by atoms with Gasteiger partial charge < -0.3 is 10.6 Å². The molecule has 0 unspecified atom stereocenters. The van der Waals surface area contributed by atoms with Crippen LogP contribution in [0.2, 0.25) is 0 Å². The lowest BCUT2D eigenvalue weighted by Gasteiger charge is -2.36. The molecule has 0 saturated carbocycles. The second-order valence-electron chi connectivity index (χ2n) is 2.45. The molecule has 3 nitrogen and oxygen atoms in total. The van der Waals surface area contributed by atoms with Crippen molar-refractivity contribution in [2.45, 2.75) is 6.92 Å². The summed E-state index contributed by atoms with van der Waals surface area (Å²) in [6, 6.07) is 0. The number of hydrogen-bond acceptors (Lipinski definition) is 2. The van der Waals surface area contributed by atoms with Crippen LogP contribution in [0.15, 0.2) is 0 Å². The molecule has 1 fully saturated rings. The maximum atomic E-state index is 10.4. The van der Waals surface area contributed by atoms with Crippen molar-refractivity contribution < 1.29 is 4.79 Å². The molecule has 0 aliphatic carbocycles. The Morgan fingerprint density at radius 2 is 2.20 bits per heavy atom. The third kappa shape index (κ3) is 1.85. The molecular weight excluding hydrogens is 152 g/mol. The number of carbonyl (C=O) groups excluding carboxylic acids is 1. The third-order valence-electron chi connectivity index (χ3n) is 1.81. The van der Waals surface area contributed by atoms with Crippen molar-refractivity contribution in [3.05, 3.63) is 0 Å². The van der Waals surface area contributed by atoms with Crippen LogP contribution in [-0.2, 0) is 4.79 Å². The van der Waals surface area contributed by atoms with E-state index in [2.05, 4.69) is 11.8 Å². The first-order chi connectivity index (χ1) is 4.24. The highest BCUT2D eigenvalue weighted by Gasteiger charge is 2.29. The highest BCUT2D eigenvalue weighted by molar-refractivity contribution is 5.85. The predicted octanol–water partition coefficient (Wildman–Crippen LogP) is -0.155. The normalized spacial score (nSPS) is 19.3. The zero-order valence-electron chi connectivity index (χ0n) is 6.04. The van der Waals surface area contributed by atoms with Crippen LogP contribution >= 0.6 is 12.4 Å². The number of nitrogens with zero attached hydrogens (tertiary/aromatic N) is 1. The molecule has 1 aliphatic rings. The molecule has 2 N–H and O–H groups in total. The fraction of sp³-hybridized carbons (Fsp3) is 0.833. The Morgan fingerprint density at radius 1 is 1.70 bits per heavy atom. The van der Waals surface area contributed by atoms with Gasteiger partial charge in [0.1, 0.15) is 0 Å². The van der Waals surface area contributed by atoms with Crippen molar-refractivity contribution in [1.29, 1.82) is 0 Å². The average Bonchev–Trinajstić information content (AvgIpc) is 1.61. The number of nitrogens with two attached hydrogens (primary N) is 1. The Kier molecular flexibility index (Phi) is 3.68. The molecule has 0 aromatic carbocycles. The number of primary amides is 1. The third-order valence-corrected chi connectivity index (χ3v) is 1.81. The van der Waals surface area contributed by atoms with Crippen LogP contribution in [0.25, 0.3) is 0 Å². The first-order valence-corrected chi connectivity index (χ1v) is 3.25. The average molecular weight is 165 g/mol. The molecule has 1 heterocycles. The standard InChI is InChI=1S/C6H12N2O.ClH/c1-2-8-3-5(4-8)6(7)9;/h5H,2-4H2,1H3,(H2,7,9);1H.